The highest BCUT2D eigenvalue weighted by atomic mass is 32.1. The zero-order valence-corrected chi connectivity index (χ0v) is 13.5. The van der Waals surface area contributed by atoms with Crippen LogP contribution in [0.25, 0.3) is 10.8 Å². The summed E-state index contributed by atoms with van der Waals surface area (Å²) in [7, 11) is 0. The highest BCUT2D eigenvalue weighted by molar-refractivity contribution is 7.09. The monoisotopic (exact) mass is 307 g/mol. The Hall–Kier alpha value is -1.34. The molecule has 7 heteroatoms. The van der Waals surface area contributed by atoms with Crippen molar-refractivity contribution in [3.8, 4) is 10.8 Å². The van der Waals surface area contributed by atoms with E-state index in [1.54, 1.807) is 0 Å². The molecule has 2 unspecified atom stereocenters. The molecule has 0 aromatic carbocycles. The van der Waals surface area contributed by atoms with E-state index in [4.69, 9.17) is 10.3 Å². The van der Waals surface area contributed by atoms with Crippen molar-refractivity contribution < 1.29 is 4.52 Å². The Morgan fingerprint density at radius 2 is 2.24 bits per heavy atom. The molecule has 3 rings (SSSR count). The molecule has 114 valence electrons. The first-order valence-corrected chi connectivity index (χ1v) is 8.22. The second-order valence-corrected chi connectivity index (χ2v) is 7.18. The number of nitrogens with zero attached hydrogens (tertiary/aromatic N) is 4. The van der Waals surface area contributed by atoms with Gasteiger partial charge in [0, 0.05) is 0 Å². The fourth-order valence-electron chi connectivity index (χ4n) is 3.04. The molecule has 2 N–H and O–H groups in total. The number of rotatable bonds is 3. The Labute approximate surface area is 128 Å². The molecule has 1 aliphatic rings. The minimum atomic E-state index is -0.463. The van der Waals surface area contributed by atoms with E-state index in [0.29, 0.717) is 17.6 Å². The van der Waals surface area contributed by atoms with Crippen LogP contribution in [-0.2, 0) is 5.54 Å². The van der Waals surface area contributed by atoms with E-state index in [-0.39, 0.29) is 5.92 Å². The summed E-state index contributed by atoms with van der Waals surface area (Å²) in [6, 6.07) is 0. The van der Waals surface area contributed by atoms with Gasteiger partial charge in [-0.15, -0.1) is 5.10 Å². The van der Waals surface area contributed by atoms with Crippen molar-refractivity contribution in [3.63, 3.8) is 0 Å². The summed E-state index contributed by atoms with van der Waals surface area (Å²) >= 11 is 1.29. The second-order valence-electron chi connectivity index (χ2n) is 6.42. The number of hydrogen-bond acceptors (Lipinski definition) is 7. The van der Waals surface area contributed by atoms with Gasteiger partial charge >= 0.3 is 0 Å². The van der Waals surface area contributed by atoms with Crippen molar-refractivity contribution in [1.82, 2.24) is 19.7 Å². The number of aromatic nitrogens is 4. The van der Waals surface area contributed by atoms with Crippen molar-refractivity contribution in [3.05, 3.63) is 11.5 Å². The maximum absolute atomic E-state index is 6.52. The topological polar surface area (TPSA) is 90.7 Å². The Bertz CT molecular complexity index is 622. The summed E-state index contributed by atoms with van der Waals surface area (Å²) in [5.41, 5.74) is 6.96. The molecule has 1 aliphatic carbocycles. The van der Waals surface area contributed by atoms with Crippen LogP contribution in [-0.4, -0.2) is 19.7 Å². The Morgan fingerprint density at radius 1 is 1.43 bits per heavy atom. The summed E-state index contributed by atoms with van der Waals surface area (Å²) < 4.78 is 9.45. The molecule has 2 atom stereocenters. The highest BCUT2D eigenvalue weighted by Crippen LogP contribution is 2.38. The molecule has 0 bridgehead atoms. The van der Waals surface area contributed by atoms with Gasteiger partial charge in [0.1, 0.15) is 4.88 Å². The predicted octanol–water partition coefficient (Wildman–Crippen LogP) is 3.08. The molecular formula is C14H21N5OS. The molecule has 0 aliphatic heterocycles. The van der Waals surface area contributed by atoms with E-state index in [1.807, 2.05) is 0 Å². The Balaban J connectivity index is 1.91. The van der Waals surface area contributed by atoms with E-state index in [9.17, 15) is 0 Å². The first-order valence-electron chi connectivity index (χ1n) is 7.45. The van der Waals surface area contributed by atoms with Crippen LogP contribution in [0.3, 0.4) is 0 Å². The molecule has 21 heavy (non-hydrogen) atoms. The third-order valence-corrected chi connectivity index (χ3v) is 4.89. The first-order chi connectivity index (χ1) is 9.99. The van der Waals surface area contributed by atoms with Gasteiger partial charge in [-0.05, 0) is 36.2 Å². The zero-order chi connectivity index (χ0) is 15.0. The van der Waals surface area contributed by atoms with E-state index >= 15 is 0 Å². The fraction of sp³-hybridized carbons (Fsp3) is 0.714. The van der Waals surface area contributed by atoms with Gasteiger partial charge in [0.2, 0.25) is 0 Å². The molecule has 2 heterocycles. The van der Waals surface area contributed by atoms with Crippen LogP contribution >= 0.6 is 11.5 Å². The highest BCUT2D eigenvalue weighted by Gasteiger charge is 2.37. The molecule has 0 spiro atoms. The van der Waals surface area contributed by atoms with Crippen LogP contribution in [0.1, 0.15) is 63.9 Å². The van der Waals surface area contributed by atoms with Gasteiger partial charge in [-0.25, -0.2) is 0 Å². The third kappa shape index (κ3) is 2.72. The summed E-state index contributed by atoms with van der Waals surface area (Å²) in [4.78, 5) is 5.41. The minimum absolute atomic E-state index is 0.274. The quantitative estimate of drug-likeness (QED) is 0.937. The van der Waals surface area contributed by atoms with Gasteiger partial charge in [0.15, 0.2) is 5.82 Å². The molecule has 2 aromatic rings. The van der Waals surface area contributed by atoms with E-state index < -0.39 is 5.54 Å². The molecule has 0 saturated heterocycles. The molecule has 1 fully saturated rings. The zero-order valence-electron chi connectivity index (χ0n) is 12.7. The van der Waals surface area contributed by atoms with Gasteiger partial charge in [0.05, 0.1) is 11.2 Å². The van der Waals surface area contributed by atoms with Gasteiger partial charge < -0.3 is 10.3 Å². The molecular weight excluding hydrogens is 286 g/mol. The Kier molecular flexibility index (Phi) is 3.79. The van der Waals surface area contributed by atoms with Crippen LogP contribution in [0, 0.1) is 5.92 Å². The van der Waals surface area contributed by atoms with Crippen molar-refractivity contribution in [2.45, 2.75) is 57.9 Å². The van der Waals surface area contributed by atoms with Crippen LogP contribution < -0.4 is 5.73 Å². The van der Waals surface area contributed by atoms with Crippen molar-refractivity contribution >= 4 is 11.5 Å². The van der Waals surface area contributed by atoms with Crippen LogP contribution in [0.15, 0.2) is 4.52 Å². The molecule has 1 saturated carbocycles. The first kappa shape index (κ1) is 14.6. The summed E-state index contributed by atoms with van der Waals surface area (Å²) in [5.74, 6) is 1.98. The minimum Gasteiger partial charge on any atom is -0.333 e. The molecule has 6 nitrogen and oxygen atoms in total. The SMILES string of the molecule is CC1CCCC(N)(c2noc(-c3snnc3C(C)C)n2)C1. The lowest BCUT2D eigenvalue weighted by Crippen LogP contribution is -2.42. The molecule has 0 amide bonds. The van der Waals surface area contributed by atoms with E-state index in [1.165, 1.54) is 18.0 Å². The summed E-state index contributed by atoms with van der Waals surface area (Å²) in [6.07, 6.45) is 4.15. The Morgan fingerprint density at radius 3 is 2.95 bits per heavy atom. The average Bonchev–Trinajstić information content (AvgIpc) is 3.07. The lowest BCUT2D eigenvalue weighted by Gasteiger charge is -2.33. The van der Waals surface area contributed by atoms with Gasteiger partial charge in [-0.2, -0.15) is 4.98 Å². The normalized spacial score (nSPS) is 26.4. The predicted molar refractivity (Wildman–Crippen MR) is 80.8 cm³/mol. The van der Waals surface area contributed by atoms with Gasteiger partial charge in [-0.3, -0.25) is 0 Å². The lowest BCUT2D eigenvalue weighted by molar-refractivity contribution is 0.222. The fourth-order valence-corrected chi connectivity index (χ4v) is 3.78. The van der Waals surface area contributed by atoms with E-state index in [2.05, 4.69) is 40.5 Å². The molecule has 0 radical (unpaired) electrons. The maximum Gasteiger partial charge on any atom is 0.271 e. The summed E-state index contributed by atoms with van der Waals surface area (Å²) in [5, 5.41) is 8.30. The van der Waals surface area contributed by atoms with Gasteiger partial charge in [-0.1, -0.05) is 43.3 Å². The van der Waals surface area contributed by atoms with Crippen LogP contribution in [0.5, 0.6) is 0 Å². The lowest BCUT2D eigenvalue weighted by atomic mass is 9.76. The smallest absolute Gasteiger partial charge is 0.271 e. The summed E-state index contributed by atoms with van der Waals surface area (Å²) in [6.45, 7) is 6.38. The number of nitrogens with two attached hydrogens (primary N) is 1. The largest absolute Gasteiger partial charge is 0.333 e. The maximum atomic E-state index is 6.52. The molecule has 2 aromatic heterocycles. The van der Waals surface area contributed by atoms with Gasteiger partial charge in [0.25, 0.3) is 5.89 Å². The van der Waals surface area contributed by atoms with Crippen molar-refractivity contribution in [2.75, 3.05) is 0 Å². The van der Waals surface area contributed by atoms with Crippen molar-refractivity contribution in [2.24, 2.45) is 11.7 Å². The standard InChI is InChI=1S/C14H21N5OS/c1-8(2)10-11(21-19-17-10)12-16-13(18-20-12)14(15)6-4-5-9(3)7-14/h8-9H,4-7,15H2,1-3H3. The second kappa shape index (κ2) is 5.46. The van der Waals surface area contributed by atoms with Crippen LogP contribution in [0.2, 0.25) is 0 Å². The average molecular weight is 307 g/mol. The third-order valence-electron chi connectivity index (χ3n) is 4.16. The van der Waals surface area contributed by atoms with E-state index in [0.717, 1.165) is 29.8 Å². The van der Waals surface area contributed by atoms with Crippen LogP contribution in [0.4, 0.5) is 0 Å². The number of hydrogen-bond donors (Lipinski definition) is 1. The van der Waals surface area contributed by atoms with Crippen molar-refractivity contribution in [1.29, 1.82) is 0 Å².